The smallest absolute Gasteiger partial charge is 0.332 e. The molecule has 2 aromatic rings. The minimum atomic E-state index is -0.480. The number of likely N-dealkylation sites (N-methyl/N-ethyl adjacent to an activating group) is 1. The summed E-state index contributed by atoms with van der Waals surface area (Å²) in [5, 5.41) is 0. The van der Waals surface area contributed by atoms with E-state index in [0.29, 0.717) is 11.4 Å². The molecule has 1 saturated heterocycles. The predicted molar refractivity (Wildman–Crippen MR) is 90.8 cm³/mol. The van der Waals surface area contributed by atoms with Gasteiger partial charge in [-0.15, -0.1) is 0 Å². The number of hydrogen-bond donors (Lipinski definition) is 0. The molecule has 0 aliphatic carbocycles. The molecule has 1 aromatic carbocycles. The van der Waals surface area contributed by atoms with E-state index in [1.54, 1.807) is 37.4 Å². The first-order valence-electron chi connectivity index (χ1n) is 7.92. The molecule has 4 amide bonds. The minimum Gasteiger partial charge on any atom is -0.464 e. The van der Waals surface area contributed by atoms with Crippen molar-refractivity contribution in [2.75, 3.05) is 25.0 Å². The van der Waals surface area contributed by atoms with Crippen molar-refractivity contribution < 1.29 is 18.8 Å². The number of amides is 4. The average molecular weight is 341 g/mol. The van der Waals surface area contributed by atoms with Crippen LogP contribution in [0.1, 0.15) is 11.5 Å². The second-order valence-corrected chi connectivity index (χ2v) is 5.95. The van der Waals surface area contributed by atoms with E-state index < -0.39 is 6.03 Å². The zero-order valence-corrected chi connectivity index (χ0v) is 14.1. The second kappa shape index (κ2) is 6.80. The van der Waals surface area contributed by atoms with Gasteiger partial charge < -0.3 is 9.32 Å². The number of furan rings is 1. The summed E-state index contributed by atoms with van der Waals surface area (Å²) in [5.74, 6) is 0.702. The van der Waals surface area contributed by atoms with Crippen LogP contribution in [0.25, 0.3) is 0 Å². The highest BCUT2D eigenvalue weighted by molar-refractivity contribution is 6.13. The van der Waals surface area contributed by atoms with Crippen LogP contribution in [-0.2, 0) is 16.1 Å². The molecular formula is C18H19N3O4. The molecule has 0 spiro atoms. The number of hydrogen-bond acceptors (Lipinski definition) is 4. The van der Waals surface area contributed by atoms with Gasteiger partial charge in [-0.25, -0.2) is 4.79 Å². The van der Waals surface area contributed by atoms with E-state index in [1.807, 2.05) is 19.1 Å². The summed E-state index contributed by atoms with van der Waals surface area (Å²) in [4.78, 5) is 40.8. The van der Waals surface area contributed by atoms with Gasteiger partial charge in [0, 0.05) is 12.7 Å². The van der Waals surface area contributed by atoms with Crippen LogP contribution >= 0.6 is 0 Å². The molecule has 130 valence electrons. The molecule has 0 saturated carbocycles. The largest absolute Gasteiger partial charge is 0.464 e. The molecule has 7 heteroatoms. The van der Waals surface area contributed by atoms with E-state index in [9.17, 15) is 14.4 Å². The van der Waals surface area contributed by atoms with Crippen LogP contribution in [0.3, 0.4) is 0 Å². The fourth-order valence-electron chi connectivity index (χ4n) is 2.65. The molecule has 3 rings (SSSR count). The quantitative estimate of drug-likeness (QED) is 0.780. The average Bonchev–Trinajstić information content (AvgIpc) is 3.13. The van der Waals surface area contributed by atoms with Crippen molar-refractivity contribution in [1.82, 2.24) is 9.80 Å². The molecule has 0 bridgehead atoms. The number of imide groups is 1. The maximum Gasteiger partial charge on any atom is 0.332 e. The van der Waals surface area contributed by atoms with Crippen molar-refractivity contribution in [3.05, 3.63) is 54.0 Å². The van der Waals surface area contributed by atoms with Gasteiger partial charge >= 0.3 is 6.03 Å². The normalized spacial score (nSPS) is 14.3. The topological polar surface area (TPSA) is 74.1 Å². The number of rotatable bonds is 5. The monoisotopic (exact) mass is 341 g/mol. The van der Waals surface area contributed by atoms with Gasteiger partial charge in [-0.3, -0.25) is 19.4 Å². The number of urea groups is 1. The molecular weight excluding hydrogens is 322 g/mol. The van der Waals surface area contributed by atoms with E-state index in [4.69, 9.17) is 4.42 Å². The molecule has 0 atom stereocenters. The first-order valence-corrected chi connectivity index (χ1v) is 7.92. The third kappa shape index (κ3) is 3.55. The zero-order chi connectivity index (χ0) is 18.0. The molecule has 0 N–H and O–H groups in total. The Bertz CT molecular complexity index is 800. The first kappa shape index (κ1) is 16.8. The van der Waals surface area contributed by atoms with E-state index in [0.717, 1.165) is 10.7 Å². The van der Waals surface area contributed by atoms with Crippen molar-refractivity contribution in [2.45, 2.75) is 13.5 Å². The summed E-state index contributed by atoms with van der Waals surface area (Å²) in [6, 6.07) is 12.1. The highest BCUT2D eigenvalue weighted by Gasteiger charge is 2.38. The van der Waals surface area contributed by atoms with Crippen molar-refractivity contribution in [3.8, 4) is 0 Å². The van der Waals surface area contributed by atoms with E-state index in [-0.39, 0.29) is 31.4 Å². The van der Waals surface area contributed by atoms with Gasteiger partial charge in [0.15, 0.2) is 0 Å². The number of carbonyl (C=O) groups excluding carboxylic acids is 3. The lowest BCUT2D eigenvalue weighted by Gasteiger charge is -2.20. The van der Waals surface area contributed by atoms with Crippen LogP contribution < -0.4 is 4.90 Å². The first-order chi connectivity index (χ1) is 12.0. The Morgan fingerprint density at radius 3 is 2.52 bits per heavy atom. The molecule has 1 fully saturated rings. The molecule has 1 aliphatic rings. The summed E-state index contributed by atoms with van der Waals surface area (Å²) in [7, 11) is 1.61. The summed E-state index contributed by atoms with van der Waals surface area (Å²) in [5.41, 5.74) is 0.634. The van der Waals surface area contributed by atoms with Gasteiger partial charge in [0.25, 0.3) is 5.91 Å². The van der Waals surface area contributed by atoms with E-state index in [1.165, 1.54) is 9.80 Å². The zero-order valence-electron chi connectivity index (χ0n) is 14.1. The highest BCUT2D eigenvalue weighted by atomic mass is 16.3. The lowest BCUT2D eigenvalue weighted by atomic mass is 10.3. The fraction of sp³-hybridized carbons (Fsp3) is 0.278. The Labute approximate surface area is 145 Å². The predicted octanol–water partition coefficient (Wildman–Crippen LogP) is 2.02. The van der Waals surface area contributed by atoms with Crippen LogP contribution in [0, 0.1) is 6.92 Å². The molecule has 1 aliphatic heterocycles. The van der Waals surface area contributed by atoms with Crippen LogP contribution in [-0.4, -0.2) is 47.8 Å². The molecule has 7 nitrogen and oxygen atoms in total. The van der Waals surface area contributed by atoms with Crippen LogP contribution in [0.2, 0.25) is 0 Å². The van der Waals surface area contributed by atoms with Gasteiger partial charge in [0.1, 0.15) is 24.6 Å². The molecule has 25 heavy (non-hydrogen) atoms. The number of nitrogens with zero attached hydrogens (tertiary/aromatic N) is 3. The third-order valence-corrected chi connectivity index (χ3v) is 4.03. The number of benzene rings is 1. The summed E-state index contributed by atoms with van der Waals surface area (Å²) in [6.07, 6.45) is 0. The van der Waals surface area contributed by atoms with Gasteiger partial charge in [0.2, 0.25) is 5.91 Å². The van der Waals surface area contributed by atoms with Gasteiger partial charge in [-0.05, 0) is 31.2 Å². The van der Waals surface area contributed by atoms with E-state index >= 15 is 0 Å². The Hall–Kier alpha value is -3.09. The lowest BCUT2D eigenvalue weighted by molar-refractivity contribution is -0.136. The van der Waals surface area contributed by atoms with Gasteiger partial charge in [-0.1, -0.05) is 18.2 Å². The SMILES string of the molecule is Cc1ccc(CN(C)C(=O)CN2C(=O)CN(c3ccccc3)C2=O)o1. The molecule has 0 radical (unpaired) electrons. The van der Waals surface area contributed by atoms with Crippen molar-refractivity contribution in [2.24, 2.45) is 0 Å². The molecule has 0 unspecified atom stereocenters. The Kier molecular flexibility index (Phi) is 4.56. The fourth-order valence-corrected chi connectivity index (χ4v) is 2.65. The number of para-hydroxylation sites is 1. The number of anilines is 1. The summed E-state index contributed by atoms with van der Waals surface area (Å²) < 4.78 is 5.44. The standard InChI is InChI=1S/C18H19N3O4/c1-13-8-9-15(25-13)10-19(2)16(22)11-21-17(23)12-20(18(21)24)14-6-4-3-5-7-14/h3-9H,10-12H2,1-2H3. The van der Waals surface area contributed by atoms with E-state index in [2.05, 4.69) is 0 Å². The summed E-state index contributed by atoms with van der Waals surface area (Å²) in [6.45, 7) is 1.77. The van der Waals surface area contributed by atoms with Crippen LogP contribution in [0.5, 0.6) is 0 Å². The van der Waals surface area contributed by atoms with Crippen molar-refractivity contribution in [1.29, 1.82) is 0 Å². The minimum absolute atomic E-state index is 0.0583. The molecule has 1 aromatic heterocycles. The Balaban J connectivity index is 1.64. The Morgan fingerprint density at radius 1 is 1.16 bits per heavy atom. The molecule has 2 heterocycles. The van der Waals surface area contributed by atoms with Gasteiger partial charge in [-0.2, -0.15) is 0 Å². The number of carbonyl (C=O) groups is 3. The third-order valence-electron chi connectivity index (χ3n) is 4.03. The van der Waals surface area contributed by atoms with Crippen molar-refractivity contribution in [3.63, 3.8) is 0 Å². The maximum absolute atomic E-state index is 12.5. The summed E-state index contributed by atoms with van der Waals surface area (Å²) >= 11 is 0. The van der Waals surface area contributed by atoms with Crippen LogP contribution in [0.15, 0.2) is 46.9 Å². The van der Waals surface area contributed by atoms with Crippen molar-refractivity contribution >= 4 is 23.5 Å². The van der Waals surface area contributed by atoms with Gasteiger partial charge in [0.05, 0.1) is 6.54 Å². The van der Waals surface area contributed by atoms with Crippen LogP contribution in [0.4, 0.5) is 10.5 Å². The second-order valence-electron chi connectivity index (χ2n) is 5.95. The highest BCUT2D eigenvalue weighted by Crippen LogP contribution is 2.20. The maximum atomic E-state index is 12.5. The number of aryl methyl sites for hydroxylation is 1. The Morgan fingerprint density at radius 2 is 1.88 bits per heavy atom. The lowest BCUT2D eigenvalue weighted by Crippen LogP contribution is -2.42.